The molecule has 1 aromatic carbocycles. The molecule has 0 aliphatic carbocycles. The molecule has 0 amide bonds. The number of pyridine rings is 1. The van der Waals surface area contributed by atoms with Gasteiger partial charge in [0.15, 0.2) is 0 Å². The fourth-order valence-corrected chi connectivity index (χ4v) is 5.10. The number of rotatable bonds is 4. The van der Waals surface area contributed by atoms with E-state index in [0.717, 1.165) is 47.4 Å². The van der Waals surface area contributed by atoms with Gasteiger partial charge in [-0.3, -0.25) is 4.90 Å². The van der Waals surface area contributed by atoms with Crippen molar-refractivity contribution in [1.82, 2.24) is 24.5 Å². The summed E-state index contributed by atoms with van der Waals surface area (Å²) in [7, 11) is 0. The number of benzene rings is 1. The molecule has 1 saturated heterocycles. The Labute approximate surface area is 172 Å². The largest absolute Gasteiger partial charge is 0.492 e. The van der Waals surface area contributed by atoms with Gasteiger partial charge >= 0.3 is 0 Å². The van der Waals surface area contributed by atoms with E-state index in [1.54, 1.807) is 4.52 Å². The third-order valence-electron chi connectivity index (χ3n) is 5.32. The maximum Gasteiger partial charge on any atom is 0.230 e. The number of fused-ring (bicyclic) bond motifs is 1. The molecular formula is C21H22N6OS. The first-order chi connectivity index (χ1) is 14.2. The van der Waals surface area contributed by atoms with Gasteiger partial charge in [0.05, 0.1) is 10.9 Å². The summed E-state index contributed by atoms with van der Waals surface area (Å²) in [5, 5.41) is 15.3. The second kappa shape index (κ2) is 7.46. The Bertz CT molecular complexity index is 1100. The summed E-state index contributed by atoms with van der Waals surface area (Å²) in [4.78, 5) is 15.3. The molecule has 4 aromatic rings. The third-order valence-corrected chi connectivity index (χ3v) is 6.39. The van der Waals surface area contributed by atoms with Crippen LogP contribution in [-0.2, 0) is 0 Å². The molecule has 1 aliphatic heterocycles. The Hall–Kier alpha value is -2.97. The minimum Gasteiger partial charge on any atom is -0.492 e. The summed E-state index contributed by atoms with van der Waals surface area (Å²) in [6.07, 6.45) is 1.84. The summed E-state index contributed by atoms with van der Waals surface area (Å²) in [5.74, 6) is 1.87. The van der Waals surface area contributed by atoms with Crippen molar-refractivity contribution in [3.63, 3.8) is 0 Å². The van der Waals surface area contributed by atoms with E-state index >= 15 is 0 Å². The van der Waals surface area contributed by atoms with Crippen LogP contribution in [0, 0.1) is 6.92 Å². The molecule has 7 nitrogen and oxygen atoms in total. The lowest BCUT2D eigenvalue weighted by atomic mass is 10.0. The zero-order valence-electron chi connectivity index (χ0n) is 16.1. The highest BCUT2D eigenvalue weighted by atomic mass is 32.1. The molecule has 0 saturated carbocycles. The van der Waals surface area contributed by atoms with E-state index in [-0.39, 0.29) is 11.9 Å². The molecule has 148 valence electrons. The van der Waals surface area contributed by atoms with Gasteiger partial charge in [-0.15, -0.1) is 5.10 Å². The second-order valence-corrected chi connectivity index (χ2v) is 8.18. The fraction of sp³-hybridized carbons (Fsp3) is 0.286. The lowest BCUT2D eigenvalue weighted by molar-refractivity contribution is 0.210. The number of aromatic hydroxyl groups is 1. The maximum absolute atomic E-state index is 10.9. The van der Waals surface area contributed by atoms with Crippen LogP contribution in [0.15, 0.2) is 54.7 Å². The molecule has 5 rings (SSSR count). The van der Waals surface area contributed by atoms with Crippen LogP contribution < -0.4 is 4.90 Å². The van der Waals surface area contributed by atoms with Crippen molar-refractivity contribution in [2.75, 3.05) is 31.1 Å². The van der Waals surface area contributed by atoms with Crippen molar-refractivity contribution in [2.24, 2.45) is 0 Å². The van der Waals surface area contributed by atoms with Crippen molar-refractivity contribution in [3.8, 4) is 5.88 Å². The van der Waals surface area contributed by atoms with E-state index < -0.39 is 0 Å². The maximum atomic E-state index is 10.9. The van der Waals surface area contributed by atoms with E-state index in [9.17, 15) is 5.11 Å². The molecule has 0 spiro atoms. The summed E-state index contributed by atoms with van der Waals surface area (Å²) >= 11 is 1.51. The minimum atomic E-state index is -0.0316. The standard InChI is InChI=1S/C21H22N6OS/c1-15-23-21-27(24-15)20(28)19(29-21)18(16-7-3-2-4-8-16)26-13-11-25(12-14-26)17-9-5-6-10-22-17/h2-10,18,28H,11-14H2,1H3/t18-/m0/s1. The Balaban J connectivity index is 1.47. The van der Waals surface area contributed by atoms with Crippen LogP contribution in [0.2, 0.25) is 0 Å². The summed E-state index contributed by atoms with van der Waals surface area (Å²) in [6.45, 7) is 5.37. The number of thiazole rings is 1. The SMILES string of the molecule is Cc1nc2sc([C@H](c3ccccc3)N3CCN(c4ccccn4)CC3)c(O)n2n1. The van der Waals surface area contributed by atoms with E-state index in [1.165, 1.54) is 11.3 Å². The topological polar surface area (TPSA) is 69.8 Å². The van der Waals surface area contributed by atoms with Gasteiger partial charge in [-0.05, 0) is 24.6 Å². The zero-order chi connectivity index (χ0) is 19.8. The van der Waals surface area contributed by atoms with Crippen LogP contribution in [0.4, 0.5) is 5.82 Å². The molecule has 1 aliphatic rings. The number of aryl methyl sites for hydroxylation is 1. The highest BCUT2D eigenvalue weighted by Crippen LogP contribution is 2.40. The average Bonchev–Trinajstić information content (AvgIpc) is 3.27. The van der Waals surface area contributed by atoms with E-state index in [1.807, 2.05) is 43.5 Å². The van der Waals surface area contributed by atoms with Gasteiger partial charge in [0.2, 0.25) is 10.8 Å². The second-order valence-electron chi connectivity index (χ2n) is 7.17. The number of aromatic nitrogens is 4. The van der Waals surface area contributed by atoms with Gasteiger partial charge in [0.25, 0.3) is 0 Å². The lowest BCUT2D eigenvalue weighted by Crippen LogP contribution is -2.48. The third kappa shape index (κ3) is 3.34. The summed E-state index contributed by atoms with van der Waals surface area (Å²) < 4.78 is 1.55. The van der Waals surface area contributed by atoms with Gasteiger partial charge in [0, 0.05) is 32.4 Å². The number of hydrogen-bond acceptors (Lipinski definition) is 7. The van der Waals surface area contributed by atoms with Crippen molar-refractivity contribution in [1.29, 1.82) is 0 Å². The highest BCUT2D eigenvalue weighted by molar-refractivity contribution is 7.17. The van der Waals surface area contributed by atoms with Crippen molar-refractivity contribution >= 4 is 22.1 Å². The molecule has 0 radical (unpaired) electrons. The number of piperazine rings is 1. The smallest absolute Gasteiger partial charge is 0.230 e. The molecular weight excluding hydrogens is 384 g/mol. The zero-order valence-corrected chi connectivity index (χ0v) is 17.0. The van der Waals surface area contributed by atoms with Crippen LogP contribution in [0.5, 0.6) is 5.88 Å². The van der Waals surface area contributed by atoms with E-state index in [2.05, 4.69) is 43.1 Å². The Morgan fingerprint density at radius 1 is 1.00 bits per heavy atom. The molecule has 0 bridgehead atoms. The molecule has 29 heavy (non-hydrogen) atoms. The first-order valence-corrected chi connectivity index (χ1v) is 10.5. The van der Waals surface area contributed by atoms with Crippen LogP contribution in [0.3, 0.4) is 0 Å². The van der Waals surface area contributed by atoms with Crippen LogP contribution in [-0.4, -0.2) is 55.8 Å². The monoisotopic (exact) mass is 406 g/mol. The normalized spacial score (nSPS) is 16.4. The molecule has 4 heterocycles. The Morgan fingerprint density at radius 2 is 1.76 bits per heavy atom. The Kier molecular flexibility index (Phi) is 4.65. The quantitative estimate of drug-likeness (QED) is 0.562. The van der Waals surface area contributed by atoms with Crippen molar-refractivity contribution in [2.45, 2.75) is 13.0 Å². The van der Waals surface area contributed by atoms with Gasteiger partial charge < -0.3 is 10.0 Å². The predicted octanol–water partition coefficient (Wildman–Crippen LogP) is 3.11. The van der Waals surface area contributed by atoms with Crippen LogP contribution >= 0.6 is 11.3 Å². The fourth-order valence-electron chi connectivity index (χ4n) is 3.94. The lowest BCUT2D eigenvalue weighted by Gasteiger charge is -2.39. The first kappa shape index (κ1) is 18.1. The Morgan fingerprint density at radius 3 is 2.45 bits per heavy atom. The predicted molar refractivity (Wildman–Crippen MR) is 114 cm³/mol. The minimum absolute atomic E-state index is 0.0316. The molecule has 1 N–H and O–H groups in total. The van der Waals surface area contributed by atoms with E-state index in [0.29, 0.717) is 5.82 Å². The molecule has 8 heteroatoms. The van der Waals surface area contributed by atoms with Gasteiger partial charge in [-0.25, -0.2) is 9.97 Å². The van der Waals surface area contributed by atoms with Crippen LogP contribution in [0.1, 0.15) is 22.3 Å². The number of anilines is 1. The average molecular weight is 407 g/mol. The first-order valence-electron chi connectivity index (χ1n) is 9.71. The molecule has 3 aromatic heterocycles. The van der Waals surface area contributed by atoms with Crippen molar-refractivity contribution in [3.05, 3.63) is 71.0 Å². The van der Waals surface area contributed by atoms with E-state index in [4.69, 9.17) is 0 Å². The van der Waals surface area contributed by atoms with Gasteiger partial charge in [-0.1, -0.05) is 47.7 Å². The number of hydrogen-bond donors (Lipinski definition) is 1. The molecule has 1 fully saturated rings. The highest BCUT2D eigenvalue weighted by Gasteiger charge is 2.31. The molecule has 1 atom stereocenters. The number of nitrogens with zero attached hydrogens (tertiary/aromatic N) is 6. The molecule has 0 unspecified atom stereocenters. The summed E-state index contributed by atoms with van der Waals surface area (Å²) in [6, 6.07) is 16.3. The van der Waals surface area contributed by atoms with Gasteiger partial charge in [0.1, 0.15) is 11.6 Å². The van der Waals surface area contributed by atoms with Crippen molar-refractivity contribution < 1.29 is 5.11 Å². The van der Waals surface area contributed by atoms with Gasteiger partial charge in [-0.2, -0.15) is 4.52 Å². The van der Waals surface area contributed by atoms with Crippen LogP contribution in [0.25, 0.3) is 4.96 Å². The summed E-state index contributed by atoms with van der Waals surface area (Å²) in [5.41, 5.74) is 1.16.